The van der Waals surface area contributed by atoms with Gasteiger partial charge in [-0.05, 0) is 24.0 Å². The summed E-state index contributed by atoms with van der Waals surface area (Å²) in [7, 11) is 0. The summed E-state index contributed by atoms with van der Waals surface area (Å²) in [5, 5.41) is 4.00. The van der Waals surface area contributed by atoms with Crippen molar-refractivity contribution in [1.29, 1.82) is 0 Å². The molecule has 1 aromatic heterocycles. The summed E-state index contributed by atoms with van der Waals surface area (Å²) >= 11 is 0. The van der Waals surface area contributed by atoms with Gasteiger partial charge in [-0.25, -0.2) is 0 Å². The number of hydrogen-bond donors (Lipinski definition) is 0. The lowest BCUT2D eigenvalue weighted by Gasteiger charge is -2.27. The molecule has 0 amide bonds. The maximum absolute atomic E-state index is 5.31. The topological polar surface area (TPSA) is 42.2 Å². The Morgan fingerprint density at radius 3 is 2.95 bits per heavy atom. The predicted octanol–water partition coefficient (Wildman–Crippen LogP) is 2.58. The van der Waals surface area contributed by atoms with Gasteiger partial charge in [0.15, 0.2) is 5.82 Å². The lowest BCUT2D eigenvalue weighted by molar-refractivity contribution is 0.210. The van der Waals surface area contributed by atoms with Crippen LogP contribution in [0.4, 0.5) is 0 Å². The van der Waals surface area contributed by atoms with E-state index in [2.05, 4.69) is 46.2 Å². The van der Waals surface area contributed by atoms with Crippen molar-refractivity contribution in [3.05, 3.63) is 47.1 Å². The maximum Gasteiger partial charge on any atom is 0.240 e. The molecular weight excluding hydrogens is 238 g/mol. The van der Waals surface area contributed by atoms with E-state index in [0.29, 0.717) is 0 Å². The van der Waals surface area contributed by atoms with Crippen LogP contribution in [0.15, 0.2) is 28.8 Å². The van der Waals surface area contributed by atoms with Gasteiger partial charge in [0.2, 0.25) is 5.89 Å². The summed E-state index contributed by atoms with van der Waals surface area (Å²) in [5.41, 5.74) is 2.89. The van der Waals surface area contributed by atoms with Crippen LogP contribution in [0.3, 0.4) is 0 Å². The Balaban J connectivity index is 1.65. The zero-order valence-electron chi connectivity index (χ0n) is 11.3. The minimum absolute atomic E-state index is 0.739. The summed E-state index contributed by atoms with van der Waals surface area (Å²) in [4.78, 5) is 6.80. The van der Waals surface area contributed by atoms with E-state index in [9.17, 15) is 0 Å². The molecule has 0 saturated carbocycles. The average Bonchev–Trinajstić information content (AvgIpc) is 2.86. The van der Waals surface area contributed by atoms with Crippen molar-refractivity contribution in [3.63, 3.8) is 0 Å². The molecule has 0 unspecified atom stereocenters. The number of hydrogen-bond acceptors (Lipinski definition) is 4. The highest BCUT2D eigenvalue weighted by Crippen LogP contribution is 2.19. The maximum atomic E-state index is 5.31. The van der Waals surface area contributed by atoms with E-state index in [1.807, 2.05) is 0 Å². The van der Waals surface area contributed by atoms with Crippen molar-refractivity contribution in [2.75, 3.05) is 6.54 Å². The number of fused-ring (bicyclic) bond motifs is 1. The summed E-state index contributed by atoms with van der Waals surface area (Å²) in [6.07, 6.45) is 3.05. The molecule has 0 spiro atoms. The largest absolute Gasteiger partial charge is 0.338 e. The van der Waals surface area contributed by atoms with E-state index in [-0.39, 0.29) is 0 Å². The van der Waals surface area contributed by atoms with Crippen LogP contribution >= 0.6 is 0 Å². The normalized spacial score (nSPS) is 15.4. The van der Waals surface area contributed by atoms with E-state index in [1.54, 1.807) is 0 Å². The Hall–Kier alpha value is -1.68. The molecule has 0 bridgehead atoms. The second-order valence-corrected chi connectivity index (χ2v) is 5.08. The van der Waals surface area contributed by atoms with Crippen LogP contribution in [0.1, 0.15) is 36.2 Å². The van der Waals surface area contributed by atoms with Crippen LogP contribution in [-0.2, 0) is 25.9 Å². The third kappa shape index (κ3) is 2.84. The molecule has 3 rings (SSSR count). The van der Waals surface area contributed by atoms with Crippen molar-refractivity contribution in [2.45, 2.75) is 39.3 Å². The average molecular weight is 257 g/mol. The van der Waals surface area contributed by atoms with E-state index in [4.69, 9.17) is 4.52 Å². The summed E-state index contributed by atoms with van der Waals surface area (Å²) in [6, 6.07) is 8.65. The van der Waals surface area contributed by atoms with Crippen LogP contribution in [0, 0.1) is 0 Å². The Morgan fingerprint density at radius 2 is 2.11 bits per heavy atom. The Morgan fingerprint density at radius 1 is 1.26 bits per heavy atom. The monoisotopic (exact) mass is 257 g/mol. The summed E-state index contributed by atoms with van der Waals surface area (Å²) < 4.78 is 5.31. The molecule has 4 nitrogen and oxygen atoms in total. The van der Waals surface area contributed by atoms with Crippen molar-refractivity contribution >= 4 is 0 Å². The fourth-order valence-electron chi connectivity index (χ4n) is 2.56. The highest BCUT2D eigenvalue weighted by atomic mass is 16.5. The van der Waals surface area contributed by atoms with E-state index in [1.165, 1.54) is 11.1 Å². The molecule has 1 aliphatic rings. The van der Waals surface area contributed by atoms with Crippen molar-refractivity contribution in [1.82, 2.24) is 15.0 Å². The van der Waals surface area contributed by atoms with Gasteiger partial charge < -0.3 is 4.52 Å². The van der Waals surface area contributed by atoms with Gasteiger partial charge in [0, 0.05) is 19.5 Å². The third-order valence-electron chi connectivity index (χ3n) is 3.55. The molecular formula is C15H19N3O. The number of nitrogens with zero attached hydrogens (tertiary/aromatic N) is 3. The standard InChI is InChI=1S/C15H19N3O/c1-2-5-14-16-15(19-17-14)11-18-9-8-12-6-3-4-7-13(12)10-18/h3-4,6-7H,2,5,8-11H2,1H3. The number of benzene rings is 1. The number of rotatable bonds is 4. The molecule has 1 aromatic carbocycles. The highest BCUT2D eigenvalue weighted by Gasteiger charge is 2.18. The van der Waals surface area contributed by atoms with Gasteiger partial charge >= 0.3 is 0 Å². The van der Waals surface area contributed by atoms with Gasteiger partial charge in [-0.1, -0.05) is 36.3 Å². The molecule has 100 valence electrons. The van der Waals surface area contributed by atoms with Crippen LogP contribution in [0.25, 0.3) is 0 Å². The quantitative estimate of drug-likeness (QED) is 0.844. The first kappa shape index (κ1) is 12.4. The summed E-state index contributed by atoms with van der Waals surface area (Å²) in [6.45, 7) is 4.91. The zero-order chi connectivity index (χ0) is 13.1. The molecule has 2 heterocycles. The first-order valence-corrected chi connectivity index (χ1v) is 6.95. The second kappa shape index (κ2) is 5.53. The molecule has 19 heavy (non-hydrogen) atoms. The predicted molar refractivity (Wildman–Crippen MR) is 72.6 cm³/mol. The summed E-state index contributed by atoms with van der Waals surface area (Å²) in [5.74, 6) is 1.57. The molecule has 2 aromatic rings. The lowest BCUT2D eigenvalue weighted by atomic mass is 10.00. The molecule has 0 fully saturated rings. The molecule has 4 heteroatoms. The Bertz CT molecular complexity index is 550. The fraction of sp³-hybridized carbons (Fsp3) is 0.467. The van der Waals surface area contributed by atoms with Gasteiger partial charge in [-0.3, -0.25) is 4.90 Å². The van der Waals surface area contributed by atoms with Gasteiger partial charge in [-0.2, -0.15) is 4.98 Å². The zero-order valence-corrected chi connectivity index (χ0v) is 11.3. The minimum Gasteiger partial charge on any atom is -0.338 e. The first-order chi connectivity index (χ1) is 9.35. The third-order valence-corrected chi connectivity index (χ3v) is 3.55. The van der Waals surface area contributed by atoms with Gasteiger partial charge in [0.05, 0.1) is 6.54 Å². The second-order valence-electron chi connectivity index (χ2n) is 5.08. The number of aryl methyl sites for hydroxylation is 1. The van der Waals surface area contributed by atoms with Crippen LogP contribution in [0.5, 0.6) is 0 Å². The van der Waals surface area contributed by atoms with Crippen molar-refractivity contribution in [2.24, 2.45) is 0 Å². The van der Waals surface area contributed by atoms with Crippen molar-refractivity contribution in [3.8, 4) is 0 Å². The van der Waals surface area contributed by atoms with E-state index in [0.717, 1.165) is 50.6 Å². The van der Waals surface area contributed by atoms with E-state index < -0.39 is 0 Å². The first-order valence-electron chi connectivity index (χ1n) is 6.95. The number of aromatic nitrogens is 2. The lowest BCUT2D eigenvalue weighted by Crippen LogP contribution is -2.30. The minimum atomic E-state index is 0.739. The Labute approximate surface area is 113 Å². The molecule has 1 aliphatic heterocycles. The van der Waals surface area contributed by atoms with Gasteiger partial charge in [0.1, 0.15) is 0 Å². The smallest absolute Gasteiger partial charge is 0.240 e. The molecule has 0 aliphatic carbocycles. The SMILES string of the molecule is CCCc1noc(CN2CCc3ccccc3C2)n1. The van der Waals surface area contributed by atoms with Crippen LogP contribution in [0.2, 0.25) is 0 Å². The van der Waals surface area contributed by atoms with Crippen LogP contribution < -0.4 is 0 Å². The molecule has 0 N–H and O–H groups in total. The highest BCUT2D eigenvalue weighted by molar-refractivity contribution is 5.29. The van der Waals surface area contributed by atoms with Crippen LogP contribution in [-0.4, -0.2) is 21.6 Å². The molecule has 0 radical (unpaired) electrons. The fourth-order valence-corrected chi connectivity index (χ4v) is 2.56. The van der Waals surface area contributed by atoms with E-state index >= 15 is 0 Å². The molecule has 0 saturated heterocycles. The Kier molecular flexibility index (Phi) is 3.60. The van der Waals surface area contributed by atoms with Gasteiger partial charge in [0.25, 0.3) is 0 Å². The molecule has 0 atom stereocenters. The van der Waals surface area contributed by atoms with Crippen molar-refractivity contribution < 1.29 is 4.52 Å². The van der Waals surface area contributed by atoms with Gasteiger partial charge in [-0.15, -0.1) is 0 Å².